The second-order valence-electron chi connectivity index (χ2n) is 12.3. The van der Waals surface area contributed by atoms with E-state index in [-0.39, 0.29) is 0 Å². The minimum Gasteiger partial charge on any atom is -0.455 e. The van der Waals surface area contributed by atoms with Crippen molar-refractivity contribution in [2.75, 3.05) is 4.90 Å². The maximum atomic E-state index is 6.77. The molecule has 0 unspecified atom stereocenters. The molecule has 0 saturated carbocycles. The third kappa shape index (κ3) is 4.42. The molecule has 0 aliphatic rings. The number of pyridine rings is 1. The number of fused-ring (bicyclic) bond motifs is 8. The average Bonchev–Trinajstić information content (AvgIpc) is 3.75. The van der Waals surface area contributed by atoms with E-state index in [1.807, 2.05) is 30.5 Å². The summed E-state index contributed by atoms with van der Waals surface area (Å²) in [5.74, 6) is 0. The van der Waals surface area contributed by atoms with Gasteiger partial charge in [-0.2, -0.15) is 0 Å². The second kappa shape index (κ2) is 11.0. The molecule has 0 spiro atoms. The van der Waals surface area contributed by atoms with Crippen LogP contribution in [-0.4, -0.2) is 4.98 Å². The van der Waals surface area contributed by atoms with Gasteiger partial charge >= 0.3 is 0 Å². The van der Waals surface area contributed by atoms with Crippen LogP contribution in [0.25, 0.3) is 77.0 Å². The smallest absolute Gasteiger partial charge is 0.177 e. The summed E-state index contributed by atoms with van der Waals surface area (Å²) in [5.41, 5.74) is 11.7. The van der Waals surface area contributed by atoms with Crippen LogP contribution in [0.1, 0.15) is 0 Å². The van der Waals surface area contributed by atoms with Gasteiger partial charge in [0.15, 0.2) is 5.58 Å². The van der Waals surface area contributed by atoms with Gasteiger partial charge in [0.25, 0.3) is 0 Å². The van der Waals surface area contributed by atoms with E-state index in [0.717, 1.165) is 88.5 Å². The Balaban J connectivity index is 1.15. The molecule has 0 aliphatic heterocycles. The molecule has 230 valence electrons. The third-order valence-electron chi connectivity index (χ3n) is 9.54. The summed E-state index contributed by atoms with van der Waals surface area (Å²) in [4.78, 5) is 7.09. The first-order chi connectivity index (χ1) is 24.3. The monoisotopic (exact) mass is 628 g/mol. The SMILES string of the molecule is c1ccc(-c2ccc(N(c3ccc(-c4cccc5c4oc4ccccc45)cc3)c3ccnc4c3oc3c5ccccc5ccc43)cc2)cc1. The molecule has 0 bridgehead atoms. The maximum absolute atomic E-state index is 6.77. The quantitative estimate of drug-likeness (QED) is 0.190. The molecule has 0 N–H and O–H groups in total. The minimum absolute atomic E-state index is 0.747. The first-order valence-electron chi connectivity index (χ1n) is 16.5. The lowest BCUT2D eigenvalue weighted by molar-refractivity contribution is 0.670. The Kier molecular flexibility index (Phi) is 6.15. The van der Waals surface area contributed by atoms with Crippen LogP contribution in [-0.2, 0) is 0 Å². The van der Waals surface area contributed by atoms with Gasteiger partial charge in [-0.25, -0.2) is 0 Å². The van der Waals surface area contributed by atoms with E-state index in [9.17, 15) is 0 Å². The lowest BCUT2D eigenvalue weighted by Gasteiger charge is -2.25. The summed E-state index contributed by atoms with van der Waals surface area (Å²) in [6.45, 7) is 0. The van der Waals surface area contributed by atoms with Crippen LogP contribution in [0.4, 0.5) is 17.1 Å². The van der Waals surface area contributed by atoms with Crippen LogP contribution in [0.3, 0.4) is 0 Å². The summed E-state index contributed by atoms with van der Waals surface area (Å²) in [7, 11) is 0. The fraction of sp³-hybridized carbons (Fsp3) is 0. The minimum atomic E-state index is 0.747. The van der Waals surface area contributed by atoms with Gasteiger partial charge in [-0.15, -0.1) is 0 Å². The van der Waals surface area contributed by atoms with Crippen LogP contribution >= 0.6 is 0 Å². The zero-order valence-corrected chi connectivity index (χ0v) is 26.4. The Hall–Kier alpha value is -6.65. The molecule has 0 atom stereocenters. The molecule has 0 amide bonds. The van der Waals surface area contributed by atoms with E-state index in [1.165, 1.54) is 5.56 Å². The van der Waals surface area contributed by atoms with Gasteiger partial charge in [0.1, 0.15) is 22.3 Å². The highest BCUT2D eigenvalue weighted by atomic mass is 16.3. The molecule has 3 aromatic heterocycles. The van der Waals surface area contributed by atoms with E-state index in [4.69, 9.17) is 13.8 Å². The Bertz CT molecular complexity index is 2810. The molecular weight excluding hydrogens is 601 g/mol. The largest absolute Gasteiger partial charge is 0.455 e. The van der Waals surface area contributed by atoms with Crippen molar-refractivity contribution in [3.05, 3.63) is 170 Å². The number of aromatic nitrogens is 1. The van der Waals surface area contributed by atoms with Crippen molar-refractivity contribution in [1.29, 1.82) is 0 Å². The van der Waals surface area contributed by atoms with Crippen LogP contribution in [0.15, 0.2) is 179 Å². The number of nitrogens with zero attached hydrogens (tertiary/aromatic N) is 2. The summed E-state index contributed by atoms with van der Waals surface area (Å²) >= 11 is 0. The summed E-state index contributed by atoms with van der Waals surface area (Å²) < 4.78 is 13.1. The normalized spacial score (nSPS) is 11.7. The fourth-order valence-corrected chi connectivity index (χ4v) is 7.17. The Morgan fingerprint density at radius 1 is 0.408 bits per heavy atom. The van der Waals surface area contributed by atoms with Crippen molar-refractivity contribution < 1.29 is 8.83 Å². The number of hydrogen-bond acceptors (Lipinski definition) is 4. The van der Waals surface area contributed by atoms with Gasteiger partial charge < -0.3 is 13.7 Å². The van der Waals surface area contributed by atoms with Gasteiger partial charge in [-0.3, -0.25) is 4.98 Å². The highest BCUT2D eigenvalue weighted by Crippen LogP contribution is 2.44. The lowest BCUT2D eigenvalue weighted by atomic mass is 10.0. The van der Waals surface area contributed by atoms with Crippen LogP contribution in [0.5, 0.6) is 0 Å². The summed E-state index contributed by atoms with van der Waals surface area (Å²) in [6.07, 6.45) is 1.88. The van der Waals surface area contributed by atoms with Crippen molar-refractivity contribution in [3.63, 3.8) is 0 Å². The molecule has 3 heterocycles. The second-order valence-corrected chi connectivity index (χ2v) is 12.3. The van der Waals surface area contributed by atoms with Gasteiger partial charge in [0, 0.05) is 44.7 Å². The lowest BCUT2D eigenvalue weighted by Crippen LogP contribution is -2.10. The third-order valence-corrected chi connectivity index (χ3v) is 9.54. The highest BCUT2D eigenvalue weighted by Gasteiger charge is 2.21. The molecule has 10 aromatic rings. The number of anilines is 3. The molecule has 7 aromatic carbocycles. The predicted octanol–water partition coefficient (Wildman–Crippen LogP) is 12.8. The Labute approximate surface area is 282 Å². The van der Waals surface area contributed by atoms with Crippen LogP contribution in [0, 0.1) is 0 Å². The molecule has 49 heavy (non-hydrogen) atoms. The summed E-state index contributed by atoms with van der Waals surface area (Å²) in [5, 5.41) is 5.46. The van der Waals surface area contributed by atoms with E-state index in [0.29, 0.717) is 0 Å². The molecule has 0 aliphatic carbocycles. The predicted molar refractivity (Wildman–Crippen MR) is 202 cm³/mol. The van der Waals surface area contributed by atoms with Gasteiger partial charge in [-0.1, -0.05) is 121 Å². The topological polar surface area (TPSA) is 42.4 Å². The molecule has 0 fully saturated rings. The highest BCUT2D eigenvalue weighted by molar-refractivity contribution is 6.16. The first kappa shape index (κ1) is 27.5. The molecule has 4 heteroatoms. The number of hydrogen-bond donors (Lipinski definition) is 0. The number of para-hydroxylation sites is 2. The maximum Gasteiger partial charge on any atom is 0.177 e. The number of furan rings is 2. The van der Waals surface area contributed by atoms with Gasteiger partial charge in [-0.05, 0) is 64.5 Å². The van der Waals surface area contributed by atoms with Crippen molar-refractivity contribution >= 4 is 71.8 Å². The van der Waals surface area contributed by atoms with Crippen molar-refractivity contribution in [1.82, 2.24) is 4.98 Å². The number of rotatable bonds is 5. The first-order valence-corrected chi connectivity index (χ1v) is 16.5. The van der Waals surface area contributed by atoms with Gasteiger partial charge in [0.05, 0.1) is 5.69 Å². The molecule has 4 nitrogen and oxygen atoms in total. The molecular formula is C45H28N2O2. The van der Waals surface area contributed by atoms with E-state index in [1.54, 1.807) is 0 Å². The van der Waals surface area contributed by atoms with E-state index < -0.39 is 0 Å². The Morgan fingerprint density at radius 2 is 1.08 bits per heavy atom. The Morgan fingerprint density at radius 3 is 1.90 bits per heavy atom. The standard InChI is InChI=1S/C45H28N2O2/c1-2-9-29(10-3-1)30-17-22-33(23-18-30)47(40-27-28-46-42-39-26-21-31-11-4-5-12-35(31)44(39)49-45(40)42)34-24-19-32(20-25-34)36-14-8-15-38-37-13-6-7-16-41(37)48-43(36)38/h1-28H. The summed E-state index contributed by atoms with van der Waals surface area (Å²) in [6, 6.07) is 57.1. The number of benzene rings is 7. The zero-order valence-electron chi connectivity index (χ0n) is 26.4. The van der Waals surface area contributed by atoms with Crippen molar-refractivity contribution in [3.8, 4) is 22.3 Å². The molecule has 0 radical (unpaired) electrons. The van der Waals surface area contributed by atoms with E-state index in [2.05, 4.69) is 144 Å². The average molecular weight is 629 g/mol. The van der Waals surface area contributed by atoms with Gasteiger partial charge in [0.2, 0.25) is 0 Å². The van der Waals surface area contributed by atoms with Crippen LogP contribution in [0.2, 0.25) is 0 Å². The fourth-order valence-electron chi connectivity index (χ4n) is 7.17. The van der Waals surface area contributed by atoms with Crippen LogP contribution < -0.4 is 4.90 Å². The van der Waals surface area contributed by atoms with Crippen molar-refractivity contribution in [2.24, 2.45) is 0 Å². The molecule has 0 saturated heterocycles. The molecule has 10 rings (SSSR count). The van der Waals surface area contributed by atoms with E-state index >= 15 is 0 Å². The van der Waals surface area contributed by atoms with Crippen molar-refractivity contribution in [2.45, 2.75) is 0 Å². The zero-order chi connectivity index (χ0) is 32.3.